The molecule has 2 aromatic rings. The van der Waals surface area contributed by atoms with Crippen LogP contribution in [0.3, 0.4) is 0 Å². The van der Waals surface area contributed by atoms with Crippen molar-refractivity contribution in [3.05, 3.63) is 40.9 Å². The molecule has 1 aromatic heterocycles. The van der Waals surface area contributed by atoms with Gasteiger partial charge in [0, 0.05) is 5.75 Å². The maximum Gasteiger partial charge on any atom is 0.174 e. The van der Waals surface area contributed by atoms with Gasteiger partial charge in [0.1, 0.15) is 10.8 Å². The van der Waals surface area contributed by atoms with Gasteiger partial charge < -0.3 is 10.9 Å². The van der Waals surface area contributed by atoms with Crippen molar-refractivity contribution < 1.29 is 5.21 Å². The highest BCUT2D eigenvalue weighted by Crippen LogP contribution is 2.28. The molecule has 1 atom stereocenters. The SMILES string of the molecule is Cc1nnc(SCC(C(N)=NO)c2ccccc2)s1. The predicted molar refractivity (Wildman–Crippen MR) is 78.0 cm³/mol. The first-order chi connectivity index (χ1) is 9.20. The van der Waals surface area contributed by atoms with Crippen molar-refractivity contribution in [2.75, 3.05) is 5.75 Å². The van der Waals surface area contributed by atoms with Crippen LogP contribution in [0.5, 0.6) is 0 Å². The average molecular weight is 294 g/mol. The van der Waals surface area contributed by atoms with E-state index in [0.29, 0.717) is 5.75 Å². The number of amidine groups is 1. The number of aryl methyl sites for hydroxylation is 1. The zero-order valence-electron chi connectivity index (χ0n) is 10.4. The van der Waals surface area contributed by atoms with Crippen molar-refractivity contribution in [3.63, 3.8) is 0 Å². The molecule has 5 nitrogen and oxygen atoms in total. The molecule has 0 fully saturated rings. The predicted octanol–water partition coefficient (Wildman–Crippen LogP) is 2.47. The fraction of sp³-hybridized carbons (Fsp3) is 0.250. The van der Waals surface area contributed by atoms with Crippen molar-refractivity contribution in [1.82, 2.24) is 10.2 Å². The third kappa shape index (κ3) is 3.68. The van der Waals surface area contributed by atoms with E-state index >= 15 is 0 Å². The monoisotopic (exact) mass is 294 g/mol. The highest BCUT2D eigenvalue weighted by atomic mass is 32.2. The van der Waals surface area contributed by atoms with Gasteiger partial charge in [-0.25, -0.2) is 0 Å². The molecule has 1 aromatic carbocycles. The minimum atomic E-state index is -0.139. The van der Waals surface area contributed by atoms with Gasteiger partial charge in [0.15, 0.2) is 4.34 Å². The Hall–Kier alpha value is -1.60. The second-order valence-electron chi connectivity index (χ2n) is 3.89. The number of nitrogens with two attached hydrogens (primary N) is 1. The molecule has 3 N–H and O–H groups in total. The van der Waals surface area contributed by atoms with Crippen LogP contribution in [-0.2, 0) is 0 Å². The third-order valence-electron chi connectivity index (χ3n) is 2.56. The van der Waals surface area contributed by atoms with Crippen molar-refractivity contribution in [1.29, 1.82) is 0 Å². The van der Waals surface area contributed by atoms with Crippen LogP contribution in [-0.4, -0.2) is 27.0 Å². The van der Waals surface area contributed by atoms with Crippen LogP contribution in [0.25, 0.3) is 0 Å². The second kappa shape index (κ2) is 6.53. The minimum absolute atomic E-state index is 0.139. The molecule has 100 valence electrons. The van der Waals surface area contributed by atoms with Gasteiger partial charge in [-0.05, 0) is 12.5 Å². The summed E-state index contributed by atoms with van der Waals surface area (Å²) in [4.78, 5) is 0. The molecule has 0 saturated heterocycles. The molecule has 19 heavy (non-hydrogen) atoms. The smallest absolute Gasteiger partial charge is 0.174 e. The Morgan fingerprint density at radius 1 is 1.42 bits per heavy atom. The highest BCUT2D eigenvalue weighted by Gasteiger charge is 2.17. The van der Waals surface area contributed by atoms with Crippen LogP contribution in [0.4, 0.5) is 0 Å². The van der Waals surface area contributed by atoms with E-state index in [4.69, 9.17) is 10.9 Å². The van der Waals surface area contributed by atoms with Crippen molar-refractivity contribution in [2.45, 2.75) is 17.2 Å². The number of rotatable bonds is 5. The number of hydrogen-bond acceptors (Lipinski definition) is 6. The molecule has 0 aliphatic rings. The Morgan fingerprint density at radius 2 is 2.16 bits per heavy atom. The van der Waals surface area contributed by atoms with Crippen LogP contribution in [0.1, 0.15) is 16.5 Å². The van der Waals surface area contributed by atoms with E-state index in [9.17, 15) is 0 Å². The third-order valence-corrected chi connectivity index (χ3v) is 4.62. The number of oxime groups is 1. The van der Waals surface area contributed by atoms with E-state index in [-0.39, 0.29) is 11.8 Å². The van der Waals surface area contributed by atoms with E-state index in [0.717, 1.165) is 14.9 Å². The van der Waals surface area contributed by atoms with Gasteiger partial charge in [-0.1, -0.05) is 58.6 Å². The summed E-state index contributed by atoms with van der Waals surface area (Å²) in [5.74, 6) is 0.731. The fourth-order valence-electron chi connectivity index (χ4n) is 1.60. The summed E-state index contributed by atoms with van der Waals surface area (Å²) in [6.45, 7) is 1.92. The van der Waals surface area contributed by atoms with Gasteiger partial charge in [0.2, 0.25) is 0 Å². The largest absolute Gasteiger partial charge is 0.409 e. The molecule has 1 unspecified atom stereocenters. The van der Waals surface area contributed by atoms with E-state index in [2.05, 4.69) is 15.4 Å². The first-order valence-electron chi connectivity index (χ1n) is 5.66. The topological polar surface area (TPSA) is 84.4 Å². The molecule has 2 rings (SSSR count). The first-order valence-corrected chi connectivity index (χ1v) is 7.46. The first kappa shape index (κ1) is 13.8. The molecule has 0 saturated carbocycles. The Labute approximate surface area is 119 Å². The number of aromatic nitrogens is 2. The van der Waals surface area contributed by atoms with Gasteiger partial charge in [0.25, 0.3) is 0 Å². The summed E-state index contributed by atoms with van der Waals surface area (Å²) in [6.07, 6.45) is 0. The summed E-state index contributed by atoms with van der Waals surface area (Å²) in [5, 5.41) is 21.0. The van der Waals surface area contributed by atoms with Crippen LogP contribution in [0, 0.1) is 6.92 Å². The van der Waals surface area contributed by atoms with Gasteiger partial charge >= 0.3 is 0 Å². The molecule has 0 bridgehead atoms. The Bertz CT molecular complexity index is 556. The summed E-state index contributed by atoms with van der Waals surface area (Å²) in [7, 11) is 0. The van der Waals surface area contributed by atoms with E-state index in [1.54, 1.807) is 23.1 Å². The maximum absolute atomic E-state index is 8.90. The maximum atomic E-state index is 8.90. The fourth-order valence-corrected chi connectivity index (χ4v) is 3.59. The van der Waals surface area contributed by atoms with Crippen LogP contribution in [0.15, 0.2) is 39.8 Å². The van der Waals surface area contributed by atoms with Crippen molar-refractivity contribution >= 4 is 28.9 Å². The van der Waals surface area contributed by atoms with Crippen LogP contribution >= 0.6 is 23.1 Å². The lowest BCUT2D eigenvalue weighted by Gasteiger charge is -2.14. The quantitative estimate of drug-likeness (QED) is 0.291. The molecule has 0 amide bonds. The van der Waals surface area contributed by atoms with Crippen LogP contribution < -0.4 is 5.73 Å². The summed E-state index contributed by atoms with van der Waals surface area (Å²) in [5.41, 5.74) is 6.79. The summed E-state index contributed by atoms with van der Waals surface area (Å²) >= 11 is 3.10. The van der Waals surface area contributed by atoms with Gasteiger partial charge in [-0.2, -0.15) is 0 Å². The number of nitrogens with zero attached hydrogens (tertiary/aromatic N) is 3. The van der Waals surface area contributed by atoms with E-state index in [1.165, 1.54) is 0 Å². The lowest BCUT2D eigenvalue weighted by molar-refractivity contribution is 0.316. The minimum Gasteiger partial charge on any atom is -0.409 e. The summed E-state index contributed by atoms with van der Waals surface area (Å²) < 4.78 is 0.893. The molecular weight excluding hydrogens is 280 g/mol. The number of benzene rings is 1. The van der Waals surface area contributed by atoms with E-state index < -0.39 is 0 Å². The molecule has 0 spiro atoms. The zero-order chi connectivity index (χ0) is 13.7. The van der Waals surface area contributed by atoms with Gasteiger partial charge in [-0.15, -0.1) is 10.2 Å². The van der Waals surface area contributed by atoms with E-state index in [1.807, 2.05) is 37.3 Å². The molecular formula is C12H14N4OS2. The van der Waals surface area contributed by atoms with Crippen molar-refractivity contribution in [3.8, 4) is 0 Å². The summed E-state index contributed by atoms with van der Waals surface area (Å²) in [6, 6.07) is 9.75. The molecule has 1 heterocycles. The Balaban J connectivity index is 2.11. The molecule has 0 aliphatic carbocycles. The Morgan fingerprint density at radius 3 is 2.74 bits per heavy atom. The standard InChI is InChI=1S/C12H14N4OS2/c1-8-14-15-12(19-8)18-7-10(11(13)16-17)9-5-3-2-4-6-9/h2-6,10,17H,7H2,1H3,(H2,13,16). The molecule has 0 radical (unpaired) electrons. The number of thioether (sulfide) groups is 1. The second-order valence-corrected chi connectivity index (χ2v) is 6.33. The molecule has 0 aliphatic heterocycles. The number of hydrogen-bond donors (Lipinski definition) is 2. The lowest BCUT2D eigenvalue weighted by Crippen LogP contribution is -2.23. The highest BCUT2D eigenvalue weighted by molar-refractivity contribution is 8.01. The van der Waals surface area contributed by atoms with Gasteiger partial charge in [0.05, 0.1) is 5.92 Å². The van der Waals surface area contributed by atoms with Crippen molar-refractivity contribution in [2.24, 2.45) is 10.9 Å². The normalized spacial score (nSPS) is 13.4. The van der Waals surface area contributed by atoms with Gasteiger partial charge in [-0.3, -0.25) is 0 Å². The Kier molecular flexibility index (Phi) is 4.75. The van der Waals surface area contributed by atoms with Crippen LogP contribution in [0.2, 0.25) is 0 Å². The lowest BCUT2D eigenvalue weighted by atomic mass is 10.0. The average Bonchev–Trinajstić information content (AvgIpc) is 2.85. The zero-order valence-corrected chi connectivity index (χ0v) is 12.0. The molecule has 7 heteroatoms.